The predicted octanol–water partition coefficient (Wildman–Crippen LogP) is 2.78. The van der Waals surface area contributed by atoms with Crippen LogP contribution in [0.1, 0.15) is 38.3 Å². The fourth-order valence-electron chi connectivity index (χ4n) is 2.22. The highest BCUT2D eigenvalue weighted by Gasteiger charge is 2.18. The molecular formula is C16H22N2O3. The Morgan fingerprint density at radius 3 is 2.52 bits per heavy atom. The summed E-state index contributed by atoms with van der Waals surface area (Å²) in [5, 5.41) is 10.5. The maximum absolute atomic E-state index is 10.5. The summed E-state index contributed by atoms with van der Waals surface area (Å²) in [6.45, 7) is 7.74. The van der Waals surface area contributed by atoms with E-state index in [1.165, 1.54) is 0 Å². The molecular weight excluding hydrogens is 268 g/mol. The van der Waals surface area contributed by atoms with Crippen LogP contribution < -0.4 is 9.47 Å². The molecule has 1 unspecified atom stereocenters. The Bertz CT molecular complexity index is 581. The van der Waals surface area contributed by atoms with Crippen LogP contribution in [0.3, 0.4) is 0 Å². The Balaban J connectivity index is 2.33. The molecule has 0 aliphatic rings. The molecule has 1 aromatic heterocycles. The van der Waals surface area contributed by atoms with Crippen molar-refractivity contribution in [3.8, 4) is 11.5 Å². The van der Waals surface area contributed by atoms with Gasteiger partial charge in [0.05, 0.1) is 13.2 Å². The molecule has 0 radical (unpaired) electrons. The molecule has 1 aromatic carbocycles. The second-order valence-electron chi connectivity index (χ2n) is 4.55. The van der Waals surface area contributed by atoms with Crippen molar-refractivity contribution in [2.24, 2.45) is 0 Å². The molecule has 0 bridgehead atoms. The van der Waals surface area contributed by atoms with Gasteiger partial charge >= 0.3 is 0 Å². The van der Waals surface area contributed by atoms with Crippen molar-refractivity contribution in [1.82, 2.24) is 9.55 Å². The van der Waals surface area contributed by atoms with Gasteiger partial charge in [-0.25, -0.2) is 4.98 Å². The van der Waals surface area contributed by atoms with Crippen molar-refractivity contribution in [2.45, 2.75) is 33.4 Å². The first-order valence-corrected chi connectivity index (χ1v) is 7.29. The normalized spacial score (nSPS) is 12.2. The summed E-state index contributed by atoms with van der Waals surface area (Å²) in [4.78, 5) is 4.24. The standard InChI is InChI=1S/C16H22N2O3/c1-4-18-10-9-17-16(18)15(19)12-7-8-13(20-5-2)14(11-12)21-6-3/h7-11,15,19H,4-6H2,1-3H3. The fourth-order valence-corrected chi connectivity index (χ4v) is 2.22. The van der Waals surface area contributed by atoms with Gasteiger partial charge in [0.15, 0.2) is 11.5 Å². The highest BCUT2D eigenvalue weighted by Crippen LogP contribution is 2.32. The molecule has 1 atom stereocenters. The van der Waals surface area contributed by atoms with Gasteiger partial charge in [-0.15, -0.1) is 0 Å². The lowest BCUT2D eigenvalue weighted by Crippen LogP contribution is -2.09. The molecule has 0 aliphatic heterocycles. The Morgan fingerprint density at radius 1 is 1.14 bits per heavy atom. The van der Waals surface area contributed by atoms with Crippen LogP contribution >= 0.6 is 0 Å². The molecule has 0 spiro atoms. The second-order valence-corrected chi connectivity index (χ2v) is 4.55. The zero-order valence-corrected chi connectivity index (χ0v) is 12.7. The van der Waals surface area contributed by atoms with E-state index in [1.807, 2.05) is 49.7 Å². The van der Waals surface area contributed by atoms with Crippen LogP contribution in [0, 0.1) is 0 Å². The third kappa shape index (κ3) is 3.36. The molecule has 0 saturated carbocycles. The quantitative estimate of drug-likeness (QED) is 0.852. The van der Waals surface area contributed by atoms with Crippen LogP contribution in [0.4, 0.5) is 0 Å². The van der Waals surface area contributed by atoms with Gasteiger partial charge in [0.1, 0.15) is 11.9 Å². The van der Waals surface area contributed by atoms with Gasteiger partial charge in [0, 0.05) is 18.9 Å². The highest BCUT2D eigenvalue weighted by molar-refractivity contribution is 5.44. The Labute approximate surface area is 125 Å². The summed E-state index contributed by atoms with van der Waals surface area (Å²) in [6.07, 6.45) is 2.77. The minimum atomic E-state index is -0.783. The van der Waals surface area contributed by atoms with E-state index >= 15 is 0 Å². The maximum Gasteiger partial charge on any atom is 0.161 e. The van der Waals surface area contributed by atoms with Gasteiger partial charge in [-0.05, 0) is 38.5 Å². The van der Waals surface area contributed by atoms with E-state index in [2.05, 4.69) is 4.98 Å². The van der Waals surface area contributed by atoms with Gasteiger partial charge in [-0.1, -0.05) is 6.07 Å². The van der Waals surface area contributed by atoms with E-state index in [-0.39, 0.29) is 0 Å². The fraction of sp³-hybridized carbons (Fsp3) is 0.438. The molecule has 21 heavy (non-hydrogen) atoms. The van der Waals surface area contributed by atoms with E-state index in [4.69, 9.17) is 9.47 Å². The molecule has 2 aromatic rings. The van der Waals surface area contributed by atoms with Gasteiger partial charge in [-0.2, -0.15) is 0 Å². The minimum Gasteiger partial charge on any atom is -0.490 e. The first kappa shape index (κ1) is 15.4. The molecule has 1 N–H and O–H groups in total. The molecule has 2 rings (SSSR count). The number of hydrogen-bond acceptors (Lipinski definition) is 4. The summed E-state index contributed by atoms with van der Waals surface area (Å²) in [5.41, 5.74) is 0.739. The molecule has 5 heteroatoms. The zero-order chi connectivity index (χ0) is 15.2. The number of nitrogens with zero attached hydrogens (tertiary/aromatic N) is 2. The number of ether oxygens (including phenoxy) is 2. The van der Waals surface area contributed by atoms with E-state index in [0.717, 1.165) is 12.1 Å². The first-order chi connectivity index (χ1) is 10.2. The lowest BCUT2D eigenvalue weighted by molar-refractivity contribution is 0.203. The summed E-state index contributed by atoms with van der Waals surface area (Å²) < 4.78 is 13.0. The first-order valence-electron chi connectivity index (χ1n) is 7.29. The average Bonchev–Trinajstić information content (AvgIpc) is 2.97. The lowest BCUT2D eigenvalue weighted by Gasteiger charge is -2.16. The van der Waals surface area contributed by atoms with Crippen LogP contribution in [0.5, 0.6) is 11.5 Å². The SMILES string of the molecule is CCOc1ccc(C(O)c2nccn2CC)cc1OCC. The Kier molecular flexibility index (Phi) is 5.22. The number of hydrogen-bond donors (Lipinski definition) is 1. The molecule has 1 heterocycles. The largest absolute Gasteiger partial charge is 0.490 e. The third-order valence-electron chi connectivity index (χ3n) is 3.22. The van der Waals surface area contributed by atoms with Crippen LogP contribution in [0.25, 0.3) is 0 Å². The van der Waals surface area contributed by atoms with Gasteiger partial charge in [-0.3, -0.25) is 0 Å². The predicted molar refractivity (Wildman–Crippen MR) is 80.7 cm³/mol. The van der Waals surface area contributed by atoms with Crippen LogP contribution in [0.2, 0.25) is 0 Å². The highest BCUT2D eigenvalue weighted by atomic mass is 16.5. The lowest BCUT2D eigenvalue weighted by atomic mass is 10.1. The van der Waals surface area contributed by atoms with E-state index in [1.54, 1.807) is 6.20 Å². The van der Waals surface area contributed by atoms with Crippen molar-refractivity contribution in [3.63, 3.8) is 0 Å². The van der Waals surface area contributed by atoms with Crippen molar-refractivity contribution in [1.29, 1.82) is 0 Å². The van der Waals surface area contributed by atoms with Crippen molar-refractivity contribution in [2.75, 3.05) is 13.2 Å². The summed E-state index contributed by atoms with van der Waals surface area (Å²) >= 11 is 0. The average molecular weight is 290 g/mol. The summed E-state index contributed by atoms with van der Waals surface area (Å²) in [7, 11) is 0. The van der Waals surface area contributed by atoms with Gasteiger partial charge in [0.2, 0.25) is 0 Å². The Hall–Kier alpha value is -2.01. The van der Waals surface area contributed by atoms with E-state index in [0.29, 0.717) is 30.5 Å². The number of aromatic nitrogens is 2. The monoisotopic (exact) mass is 290 g/mol. The molecule has 0 amide bonds. The second kappa shape index (κ2) is 7.13. The van der Waals surface area contributed by atoms with Crippen LogP contribution in [0.15, 0.2) is 30.6 Å². The van der Waals surface area contributed by atoms with Crippen molar-refractivity contribution in [3.05, 3.63) is 42.0 Å². The number of aryl methyl sites for hydroxylation is 1. The molecule has 0 saturated heterocycles. The van der Waals surface area contributed by atoms with Crippen molar-refractivity contribution < 1.29 is 14.6 Å². The van der Waals surface area contributed by atoms with Gasteiger partial charge < -0.3 is 19.1 Å². The number of aliphatic hydroxyl groups excluding tert-OH is 1. The topological polar surface area (TPSA) is 56.5 Å². The third-order valence-corrected chi connectivity index (χ3v) is 3.22. The maximum atomic E-state index is 10.5. The van der Waals surface area contributed by atoms with Crippen molar-refractivity contribution >= 4 is 0 Å². The van der Waals surface area contributed by atoms with Gasteiger partial charge in [0.25, 0.3) is 0 Å². The summed E-state index contributed by atoms with van der Waals surface area (Å²) in [6, 6.07) is 5.48. The number of benzene rings is 1. The summed E-state index contributed by atoms with van der Waals surface area (Å²) in [5.74, 6) is 1.96. The van der Waals surface area contributed by atoms with E-state index < -0.39 is 6.10 Å². The molecule has 114 valence electrons. The van der Waals surface area contributed by atoms with Crippen LogP contribution in [-0.4, -0.2) is 27.9 Å². The number of rotatable bonds is 7. The minimum absolute atomic E-state index is 0.545. The smallest absolute Gasteiger partial charge is 0.161 e. The Morgan fingerprint density at radius 2 is 1.86 bits per heavy atom. The molecule has 0 fully saturated rings. The number of imidazole rings is 1. The molecule has 0 aliphatic carbocycles. The van der Waals surface area contributed by atoms with E-state index in [9.17, 15) is 5.11 Å². The number of aliphatic hydroxyl groups is 1. The zero-order valence-electron chi connectivity index (χ0n) is 12.7. The molecule has 5 nitrogen and oxygen atoms in total. The van der Waals surface area contributed by atoms with Crippen LogP contribution in [-0.2, 0) is 6.54 Å².